The number of carbonyl (C=O) groups excluding carboxylic acids is 2. The molecule has 1 aliphatic rings. The van der Waals surface area contributed by atoms with E-state index in [1.165, 1.54) is 0 Å². The molecule has 4 nitrogen and oxygen atoms in total. The molecule has 0 atom stereocenters. The molecule has 0 saturated carbocycles. The van der Waals surface area contributed by atoms with Crippen molar-refractivity contribution < 1.29 is 9.59 Å². The third-order valence-electron chi connectivity index (χ3n) is 4.26. The Bertz CT molecular complexity index is 541. The summed E-state index contributed by atoms with van der Waals surface area (Å²) in [7, 11) is 0. The Kier molecular flexibility index (Phi) is 5.80. The summed E-state index contributed by atoms with van der Waals surface area (Å²) in [6.45, 7) is 11.2. The number of hydrogen-bond acceptors (Lipinski definition) is 3. The second-order valence-corrected chi connectivity index (χ2v) is 7.03. The first kappa shape index (κ1) is 17.5. The van der Waals surface area contributed by atoms with Crippen molar-refractivity contribution in [3.05, 3.63) is 29.8 Å². The van der Waals surface area contributed by atoms with Crippen LogP contribution >= 0.6 is 0 Å². The van der Waals surface area contributed by atoms with Gasteiger partial charge in [-0.2, -0.15) is 0 Å². The molecule has 0 spiro atoms. The van der Waals surface area contributed by atoms with Crippen molar-refractivity contribution in [2.24, 2.45) is 11.8 Å². The summed E-state index contributed by atoms with van der Waals surface area (Å²) < 4.78 is 0. The molecule has 0 bridgehead atoms. The van der Waals surface area contributed by atoms with Gasteiger partial charge in [-0.3, -0.25) is 9.59 Å². The molecule has 2 rings (SSSR count). The monoisotopic (exact) mass is 316 g/mol. The summed E-state index contributed by atoms with van der Waals surface area (Å²) in [5.41, 5.74) is 1.90. The first-order valence-electron chi connectivity index (χ1n) is 8.55. The normalized spacial score (nSPS) is 15.4. The number of Topliss-reactive ketones (excluding diaryl/α,β-unsaturated/α-hetero) is 1. The average Bonchev–Trinajstić information content (AvgIpc) is 2.53. The van der Waals surface area contributed by atoms with Crippen LogP contribution in [-0.4, -0.2) is 42.8 Å². The van der Waals surface area contributed by atoms with Gasteiger partial charge in [-0.15, -0.1) is 0 Å². The van der Waals surface area contributed by atoms with Crippen molar-refractivity contribution in [3.63, 3.8) is 0 Å². The summed E-state index contributed by atoms with van der Waals surface area (Å²) in [5.74, 6) is 0.876. The standard InChI is InChI=1S/C19H28N2O2/c1-14(2)13-18(22)21-11-9-20(10-12-21)17-7-5-16(6-8-17)19(23)15(3)4/h5-8,14-15H,9-13H2,1-4H3. The molecule has 0 aliphatic carbocycles. The van der Waals surface area contributed by atoms with Crippen LogP contribution in [0.2, 0.25) is 0 Å². The zero-order valence-electron chi connectivity index (χ0n) is 14.7. The quantitative estimate of drug-likeness (QED) is 0.783. The Morgan fingerprint density at radius 1 is 0.957 bits per heavy atom. The van der Waals surface area contributed by atoms with Crippen LogP contribution in [0.15, 0.2) is 24.3 Å². The lowest BCUT2D eigenvalue weighted by Crippen LogP contribution is -2.49. The maximum Gasteiger partial charge on any atom is 0.222 e. The first-order chi connectivity index (χ1) is 10.9. The molecule has 126 valence electrons. The van der Waals surface area contributed by atoms with E-state index in [9.17, 15) is 9.59 Å². The zero-order chi connectivity index (χ0) is 17.0. The van der Waals surface area contributed by atoms with Gasteiger partial charge in [0.2, 0.25) is 5.91 Å². The Balaban J connectivity index is 1.93. The van der Waals surface area contributed by atoms with Crippen molar-refractivity contribution in [2.45, 2.75) is 34.1 Å². The van der Waals surface area contributed by atoms with Gasteiger partial charge in [-0.25, -0.2) is 0 Å². The third kappa shape index (κ3) is 4.57. The fourth-order valence-corrected chi connectivity index (χ4v) is 2.86. The lowest BCUT2D eigenvalue weighted by molar-refractivity contribution is -0.132. The number of ketones is 1. The van der Waals surface area contributed by atoms with Gasteiger partial charge in [0.25, 0.3) is 0 Å². The number of piperazine rings is 1. The summed E-state index contributed by atoms with van der Waals surface area (Å²) in [6.07, 6.45) is 0.631. The van der Waals surface area contributed by atoms with E-state index in [0.29, 0.717) is 12.3 Å². The summed E-state index contributed by atoms with van der Waals surface area (Å²) in [6, 6.07) is 7.85. The van der Waals surface area contributed by atoms with Gasteiger partial charge in [-0.1, -0.05) is 27.7 Å². The van der Waals surface area contributed by atoms with Crippen LogP contribution in [0.25, 0.3) is 0 Å². The number of amides is 1. The van der Waals surface area contributed by atoms with Crippen molar-refractivity contribution in [1.82, 2.24) is 4.90 Å². The topological polar surface area (TPSA) is 40.6 Å². The lowest BCUT2D eigenvalue weighted by atomic mass is 10.0. The van der Waals surface area contributed by atoms with Crippen molar-refractivity contribution >= 4 is 17.4 Å². The minimum atomic E-state index is 0.0244. The molecule has 1 aromatic carbocycles. The van der Waals surface area contributed by atoms with Gasteiger partial charge in [0.15, 0.2) is 5.78 Å². The molecule has 23 heavy (non-hydrogen) atoms. The van der Waals surface area contributed by atoms with E-state index in [2.05, 4.69) is 18.7 Å². The fourth-order valence-electron chi connectivity index (χ4n) is 2.86. The second kappa shape index (κ2) is 7.62. The van der Waals surface area contributed by atoms with Crippen LogP contribution in [-0.2, 0) is 4.79 Å². The number of benzene rings is 1. The van der Waals surface area contributed by atoms with E-state index in [4.69, 9.17) is 0 Å². The minimum Gasteiger partial charge on any atom is -0.368 e. The molecule has 0 radical (unpaired) electrons. The van der Waals surface area contributed by atoms with Crippen LogP contribution in [0, 0.1) is 11.8 Å². The van der Waals surface area contributed by atoms with Gasteiger partial charge in [0.05, 0.1) is 0 Å². The molecule has 4 heteroatoms. The Morgan fingerprint density at radius 2 is 1.52 bits per heavy atom. The first-order valence-corrected chi connectivity index (χ1v) is 8.55. The molecule has 1 amide bonds. The van der Waals surface area contributed by atoms with Crippen LogP contribution in [0.3, 0.4) is 0 Å². The maximum atomic E-state index is 12.1. The zero-order valence-corrected chi connectivity index (χ0v) is 14.7. The number of nitrogens with zero attached hydrogens (tertiary/aromatic N) is 2. The van der Waals surface area contributed by atoms with E-state index in [1.54, 1.807) is 0 Å². The van der Waals surface area contributed by atoms with Gasteiger partial charge >= 0.3 is 0 Å². The molecule has 1 saturated heterocycles. The highest BCUT2D eigenvalue weighted by atomic mass is 16.2. The smallest absolute Gasteiger partial charge is 0.222 e. The Hall–Kier alpha value is -1.84. The number of anilines is 1. The third-order valence-corrected chi connectivity index (χ3v) is 4.26. The lowest BCUT2D eigenvalue weighted by Gasteiger charge is -2.36. The number of carbonyl (C=O) groups is 2. The maximum absolute atomic E-state index is 12.1. The molecule has 1 heterocycles. The van der Waals surface area contributed by atoms with Crippen molar-refractivity contribution in [1.29, 1.82) is 0 Å². The van der Waals surface area contributed by atoms with Crippen LogP contribution in [0.4, 0.5) is 5.69 Å². The predicted octanol–water partition coefficient (Wildman–Crippen LogP) is 3.22. The number of hydrogen-bond donors (Lipinski definition) is 0. The SMILES string of the molecule is CC(C)CC(=O)N1CCN(c2ccc(C(=O)C(C)C)cc2)CC1. The fraction of sp³-hybridized carbons (Fsp3) is 0.579. The van der Waals surface area contributed by atoms with Gasteiger partial charge in [0, 0.05) is 49.8 Å². The number of rotatable bonds is 5. The van der Waals surface area contributed by atoms with E-state index >= 15 is 0 Å². The van der Waals surface area contributed by atoms with E-state index in [-0.39, 0.29) is 17.6 Å². The van der Waals surface area contributed by atoms with Crippen LogP contribution in [0.1, 0.15) is 44.5 Å². The van der Waals surface area contributed by atoms with Gasteiger partial charge < -0.3 is 9.80 Å². The molecule has 1 aliphatic heterocycles. The molecule has 1 fully saturated rings. The highest BCUT2D eigenvalue weighted by Gasteiger charge is 2.21. The molecule has 0 N–H and O–H groups in total. The van der Waals surface area contributed by atoms with E-state index in [1.807, 2.05) is 43.0 Å². The Labute approximate surface area is 139 Å². The molecule has 0 unspecified atom stereocenters. The van der Waals surface area contributed by atoms with Crippen LogP contribution in [0.5, 0.6) is 0 Å². The molecular weight excluding hydrogens is 288 g/mol. The molecule has 1 aromatic rings. The van der Waals surface area contributed by atoms with Gasteiger partial charge in [-0.05, 0) is 30.2 Å². The van der Waals surface area contributed by atoms with Crippen LogP contribution < -0.4 is 4.90 Å². The summed E-state index contributed by atoms with van der Waals surface area (Å²) in [5, 5.41) is 0. The van der Waals surface area contributed by atoms with Crippen molar-refractivity contribution in [2.75, 3.05) is 31.1 Å². The van der Waals surface area contributed by atoms with Gasteiger partial charge in [0.1, 0.15) is 0 Å². The largest absolute Gasteiger partial charge is 0.368 e. The second-order valence-electron chi connectivity index (χ2n) is 7.03. The molecular formula is C19H28N2O2. The highest BCUT2D eigenvalue weighted by Crippen LogP contribution is 2.19. The predicted molar refractivity (Wildman–Crippen MR) is 93.9 cm³/mol. The average molecular weight is 316 g/mol. The summed E-state index contributed by atoms with van der Waals surface area (Å²) in [4.78, 5) is 28.3. The highest BCUT2D eigenvalue weighted by molar-refractivity contribution is 5.97. The Morgan fingerprint density at radius 3 is 2.00 bits per heavy atom. The summed E-state index contributed by atoms with van der Waals surface area (Å²) >= 11 is 0. The van der Waals surface area contributed by atoms with E-state index in [0.717, 1.165) is 37.4 Å². The molecule has 0 aromatic heterocycles. The minimum absolute atomic E-state index is 0.0244. The van der Waals surface area contributed by atoms with E-state index < -0.39 is 0 Å². The van der Waals surface area contributed by atoms with Crippen molar-refractivity contribution in [3.8, 4) is 0 Å².